The Balaban J connectivity index is 0.943. The summed E-state index contributed by atoms with van der Waals surface area (Å²) < 4.78 is 19.2. The molecule has 0 amide bonds. The number of rotatable bonds is 10. The highest BCUT2D eigenvalue weighted by molar-refractivity contribution is 14.1. The molecule has 226 valence electrons. The van der Waals surface area contributed by atoms with E-state index in [0.29, 0.717) is 24.2 Å². The van der Waals surface area contributed by atoms with Gasteiger partial charge in [-0.15, -0.1) is 0 Å². The van der Waals surface area contributed by atoms with Crippen molar-refractivity contribution in [2.24, 2.45) is 23.7 Å². The van der Waals surface area contributed by atoms with E-state index in [2.05, 4.69) is 121 Å². The van der Waals surface area contributed by atoms with Gasteiger partial charge in [-0.2, -0.15) is 0 Å². The lowest BCUT2D eigenvalue weighted by atomic mass is 9.50. The smallest absolute Gasteiger partial charge is 0.344 e. The van der Waals surface area contributed by atoms with Gasteiger partial charge in [-0.25, -0.2) is 4.79 Å². The van der Waals surface area contributed by atoms with Crippen LogP contribution in [0.4, 0.5) is 0 Å². The molecule has 0 unspecified atom stereocenters. The Morgan fingerprint density at radius 2 is 1.32 bits per heavy atom. The minimum atomic E-state index is -0.329. The van der Waals surface area contributed by atoms with Crippen LogP contribution in [0.2, 0.25) is 0 Å². The Kier molecular flexibility index (Phi) is 8.65. The molecule has 6 heteroatoms. The van der Waals surface area contributed by atoms with Crippen molar-refractivity contribution in [3.63, 3.8) is 0 Å². The second-order valence-corrected chi connectivity index (χ2v) is 15.9. The van der Waals surface area contributed by atoms with Crippen molar-refractivity contribution in [2.75, 3.05) is 6.61 Å². The fraction of sp³-hybridized carbons (Fsp3) is 0.342. The molecule has 4 aliphatic rings. The Morgan fingerprint density at radius 3 is 1.89 bits per heavy atom. The van der Waals surface area contributed by atoms with Crippen LogP contribution >= 0.6 is 22.6 Å². The molecule has 44 heavy (non-hydrogen) atoms. The summed E-state index contributed by atoms with van der Waals surface area (Å²) >= 11 is 2.26. The van der Waals surface area contributed by atoms with Crippen LogP contribution in [-0.4, -0.2) is 18.2 Å². The lowest BCUT2D eigenvalue weighted by Crippen LogP contribution is -2.58. The summed E-state index contributed by atoms with van der Waals surface area (Å²) in [5, 5.41) is 0. The van der Waals surface area contributed by atoms with Crippen molar-refractivity contribution in [3.8, 4) is 11.5 Å². The van der Waals surface area contributed by atoms with Gasteiger partial charge in [0.25, 0.3) is 0 Å². The van der Waals surface area contributed by atoms with Crippen molar-refractivity contribution in [3.05, 3.63) is 112 Å². The molecule has 0 heterocycles. The predicted molar refractivity (Wildman–Crippen MR) is 182 cm³/mol. The van der Waals surface area contributed by atoms with Gasteiger partial charge in [0, 0.05) is 0 Å². The highest BCUT2D eigenvalue weighted by atomic mass is 127. The molecule has 4 fully saturated rings. The molecule has 0 spiro atoms. The van der Waals surface area contributed by atoms with Crippen LogP contribution in [0, 0.1) is 27.2 Å². The molecule has 0 aliphatic heterocycles. The first-order valence-electron chi connectivity index (χ1n) is 15.6. The molecule has 4 aromatic rings. The van der Waals surface area contributed by atoms with Gasteiger partial charge >= 0.3 is 5.97 Å². The maximum atomic E-state index is 12.9. The Morgan fingerprint density at radius 1 is 0.750 bits per heavy atom. The second kappa shape index (κ2) is 12.8. The lowest BCUT2D eigenvalue weighted by molar-refractivity contribution is -0.204. The standard InChI is InChI=1S/C38H38IO4S/c1-38(29-19-27-18-28(21-29)22-30(38)20-27)43-37(40)25-42-36-17-12-26(23-35(36)39)24-41-31-13-15-34(16-14-31)44(32-8-4-2-5-9-32)33-10-6-3-7-11-33/h2-17,23,27-30H,18-22,24-25H2,1H3/q+1. The van der Waals surface area contributed by atoms with Crippen LogP contribution in [0.3, 0.4) is 0 Å². The predicted octanol–water partition coefficient (Wildman–Crippen LogP) is 9.10. The van der Waals surface area contributed by atoms with E-state index >= 15 is 0 Å². The van der Waals surface area contributed by atoms with E-state index in [-0.39, 0.29) is 29.1 Å². The van der Waals surface area contributed by atoms with E-state index in [1.807, 2.05) is 12.1 Å². The van der Waals surface area contributed by atoms with Gasteiger partial charge in [-0.3, -0.25) is 0 Å². The molecule has 4 aliphatic carbocycles. The van der Waals surface area contributed by atoms with Gasteiger partial charge in [0.2, 0.25) is 0 Å². The van der Waals surface area contributed by atoms with Gasteiger partial charge in [0.05, 0.1) is 14.5 Å². The van der Waals surface area contributed by atoms with Crippen LogP contribution < -0.4 is 9.47 Å². The van der Waals surface area contributed by atoms with Crippen LogP contribution in [0.1, 0.15) is 44.6 Å². The first-order valence-corrected chi connectivity index (χ1v) is 18.0. The van der Waals surface area contributed by atoms with Crippen LogP contribution in [-0.2, 0) is 27.0 Å². The SMILES string of the molecule is CC1(OC(=O)COc2ccc(COc3ccc([S+](c4ccccc4)c4ccccc4)cc3)cc2I)C2CC3CC(C2)CC1C3. The minimum Gasteiger partial charge on any atom is -0.489 e. The molecule has 0 aromatic heterocycles. The van der Waals surface area contributed by atoms with E-state index in [1.54, 1.807) is 0 Å². The van der Waals surface area contributed by atoms with Crippen LogP contribution in [0.15, 0.2) is 118 Å². The molecule has 4 bridgehead atoms. The van der Waals surface area contributed by atoms with Gasteiger partial charge < -0.3 is 14.2 Å². The molecular formula is C38H38IO4S+. The average Bonchev–Trinajstić information content (AvgIpc) is 3.04. The van der Waals surface area contributed by atoms with Crippen molar-refractivity contribution in [1.82, 2.24) is 0 Å². The quantitative estimate of drug-likeness (QED) is 0.0933. The zero-order chi connectivity index (χ0) is 30.1. The lowest BCUT2D eigenvalue weighted by Gasteiger charge is -2.59. The summed E-state index contributed by atoms with van der Waals surface area (Å²) in [7, 11) is -0.184. The summed E-state index contributed by atoms with van der Waals surface area (Å²) in [6.45, 7) is 2.56. The number of ether oxygens (including phenoxy) is 3. The summed E-state index contributed by atoms with van der Waals surface area (Å²) in [6, 6.07) is 35.7. The molecule has 0 atom stereocenters. The third-order valence-electron chi connectivity index (χ3n) is 9.86. The fourth-order valence-corrected chi connectivity index (χ4v) is 10.6. The molecule has 4 saturated carbocycles. The number of halogens is 1. The summed E-state index contributed by atoms with van der Waals surface area (Å²) in [5.41, 5.74) is 0.716. The maximum absolute atomic E-state index is 12.9. The van der Waals surface area contributed by atoms with E-state index in [1.165, 1.54) is 46.8 Å². The molecule has 0 saturated heterocycles. The Hall–Kier alpha value is -2.97. The molecule has 4 nitrogen and oxygen atoms in total. The van der Waals surface area contributed by atoms with Crippen molar-refractivity contribution < 1.29 is 19.0 Å². The largest absolute Gasteiger partial charge is 0.489 e. The van der Waals surface area contributed by atoms with E-state index in [0.717, 1.165) is 26.7 Å². The van der Waals surface area contributed by atoms with Gasteiger partial charge in [-0.1, -0.05) is 42.5 Å². The number of benzene rings is 4. The van der Waals surface area contributed by atoms with E-state index in [9.17, 15) is 4.79 Å². The van der Waals surface area contributed by atoms with Crippen LogP contribution in [0.25, 0.3) is 0 Å². The number of carbonyl (C=O) groups is 1. The second-order valence-electron chi connectivity index (χ2n) is 12.7. The molecule has 4 aromatic carbocycles. The molecule has 0 radical (unpaired) electrons. The average molecular weight is 718 g/mol. The van der Waals surface area contributed by atoms with Crippen LogP contribution in [0.5, 0.6) is 11.5 Å². The first kappa shape index (κ1) is 29.7. The third kappa shape index (κ3) is 6.25. The first-order chi connectivity index (χ1) is 21.4. The fourth-order valence-electron chi connectivity index (χ4n) is 7.81. The normalized spacial score (nSPS) is 25.2. The summed E-state index contributed by atoms with van der Waals surface area (Å²) in [6.07, 6.45) is 6.24. The zero-order valence-corrected chi connectivity index (χ0v) is 28.0. The Labute approximate surface area is 277 Å². The molecule has 8 rings (SSSR count). The Bertz CT molecular complexity index is 1520. The molecular weight excluding hydrogens is 679 g/mol. The number of esters is 1. The van der Waals surface area contributed by atoms with Crippen molar-refractivity contribution >= 4 is 39.5 Å². The van der Waals surface area contributed by atoms with E-state index < -0.39 is 0 Å². The van der Waals surface area contributed by atoms with Gasteiger partial charge in [0.15, 0.2) is 21.3 Å². The number of hydrogen-bond acceptors (Lipinski definition) is 4. The van der Waals surface area contributed by atoms with E-state index in [4.69, 9.17) is 14.2 Å². The highest BCUT2D eigenvalue weighted by Gasteiger charge is 2.57. The summed E-state index contributed by atoms with van der Waals surface area (Å²) in [5.74, 6) is 3.97. The maximum Gasteiger partial charge on any atom is 0.344 e. The van der Waals surface area contributed by atoms with Gasteiger partial charge in [-0.05, 0) is 152 Å². The van der Waals surface area contributed by atoms with Gasteiger partial charge in [0.1, 0.15) is 23.7 Å². The topological polar surface area (TPSA) is 44.8 Å². The highest BCUT2D eigenvalue weighted by Crippen LogP contribution is 2.59. The third-order valence-corrected chi connectivity index (χ3v) is 12.9. The monoisotopic (exact) mass is 717 g/mol. The minimum absolute atomic E-state index is 0.0618. The van der Waals surface area contributed by atoms with Crippen molar-refractivity contribution in [2.45, 2.75) is 65.9 Å². The number of carbonyl (C=O) groups excluding carboxylic acids is 1. The molecule has 0 N–H and O–H groups in total. The summed E-state index contributed by atoms with van der Waals surface area (Å²) in [4.78, 5) is 16.7. The zero-order valence-electron chi connectivity index (χ0n) is 25.0. The van der Waals surface area contributed by atoms with Crippen molar-refractivity contribution in [1.29, 1.82) is 0 Å². The number of hydrogen-bond donors (Lipinski definition) is 0.